The van der Waals surface area contributed by atoms with Crippen molar-refractivity contribution in [1.29, 1.82) is 0 Å². The van der Waals surface area contributed by atoms with E-state index in [-0.39, 0.29) is 6.61 Å². The molecule has 2 aromatic rings. The van der Waals surface area contributed by atoms with Gasteiger partial charge in [-0.05, 0) is 19.4 Å². The minimum absolute atomic E-state index is 0.216. The lowest BCUT2D eigenvalue weighted by Crippen LogP contribution is -2.43. The van der Waals surface area contributed by atoms with E-state index in [1.165, 1.54) is 0 Å². The van der Waals surface area contributed by atoms with Crippen molar-refractivity contribution in [2.75, 3.05) is 11.9 Å². The molecular weight excluding hydrogens is 284 g/mol. The van der Waals surface area contributed by atoms with Crippen LogP contribution >= 0.6 is 0 Å². The summed E-state index contributed by atoms with van der Waals surface area (Å²) in [5.74, 6) is -1.10. The van der Waals surface area contributed by atoms with Crippen molar-refractivity contribution in [3.63, 3.8) is 0 Å². The monoisotopic (exact) mass is 300 g/mol. The Morgan fingerprint density at radius 3 is 2.77 bits per heavy atom. The van der Waals surface area contributed by atoms with Crippen LogP contribution in [0.4, 0.5) is 5.95 Å². The topological polar surface area (TPSA) is 86.1 Å². The van der Waals surface area contributed by atoms with Gasteiger partial charge in [0.05, 0.1) is 6.61 Å². The highest BCUT2D eigenvalue weighted by atomic mass is 16.5. The van der Waals surface area contributed by atoms with Gasteiger partial charge in [0.2, 0.25) is 11.9 Å². The van der Waals surface area contributed by atoms with Gasteiger partial charge >= 0.3 is 5.97 Å². The van der Waals surface area contributed by atoms with Crippen LogP contribution in [0.25, 0.3) is 0 Å². The zero-order valence-corrected chi connectivity index (χ0v) is 12.3. The standard InChI is InChI=1S/C15H16N4O3/c1-3-22-14(21)11-12(10-7-5-4-6-8-10)19-15(17-13(11)20)16-9(2)18-19/h4-8,11-12H,3H2,1-2H3,(H,16,17,18,20)/t11-,12+/m1/s1. The molecule has 0 bridgehead atoms. The van der Waals surface area contributed by atoms with Crippen LogP contribution in [0.5, 0.6) is 0 Å². The molecule has 0 radical (unpaired) electrons. The highest BCUT2D eigenvalue weighted by Crippen LogP contribution is 2.34. The predicted molar refractivity (Wildman–Crippen MR) is 78.1 cm³/mol. The van der Waals surface area contributed by atoms with Crippen molar-refractivity contribution in [3.8, 4) is 0 Å². The van der Waals surface area contributed by atoms with Gasteiger partial charge in [-0.1, -0.05) is 30.3 Å². The average molecular weight is 300 g/mol. The third-order valence-corrected chi connectivity index (χ3v) is 3.52. The predicted octanol–water partition coefficient (Wildman–Crippen LogP) is 1.31. The van der Waals surface area contributed by atoms with Gasteiger partial charge in [-0.15, -0.1) is 0 Å². The summed E-state index contributed by atoms with van der Waals surface area (Å²) in [5, 5.41) is 6.94. The highest BCUT2D eigenvalue weighted by Gasteiger charge is 2.44. The number of nitrogens with one attached hydrogen (secondary N) is 1. The number of fused-ring (bicyclic) bond motifs is 1. The molecule has 2 heterocycles. The Labute approximate surface area is 127 Å². The number of rotatable bonds is 3. The van der Waals surface area contributed by atoms with Gasteiger partial charge in [-0.2, -0.15) is 10.1 Å². The van der Waals surface area contributed by atoms with Crippen LogP contribution in [0.15, 0.2) is 30.3 Å². The normalized spacial score (nSPS) is 20.2. The fourth-order valence-electron chi connectivity index (χ4n) is 2.63. The maximum Gasteiger partial charge on any atom is 0.321 e. The van der Waals surface area contributed by atoms with Gasteiger partial charge in [0.1, 0.15) is 11.9 Å². The molecule has 0 saturated carbocycles. The Kier molecular flexibility index (Phi) is 3.62. The minimum atomic E-state index is -0.990. The van der Waals surface area contributed by atoms with Gasteiger partial charge in [0, 0.05) is 0 Å². The summed E-state index contributed by atoms with van der Waals surface area (Å²) >= 11 is 0. The first-order chi connectivity index (χ1) is 10.6. The highest BCUT2D eigenvalue weighted by molar-refractivity contribution is 6.06. The van der Waals surface area contributed by atoms with E-state index in [2.05, 4.69) is 15.4 Å². The van der Waals surface area contributed by atoms with Gasteiger partial charge < -0.3 is 4.74 Å². The molecule has 2 atom stereocenters. The lowest BCUT2D eigenvalue weighted by molar-refractivity contribution is -0.152. The van der Waals surface area contributed by atoms with Crippen LogP contribution in [-0.4, -0.2) is 33.2 Å². The summed E-state index contributed by atoms with van der Waals surface area (Å²) in [6.07, 6.45) is 0. The number of benzene rings is 1. The second-order valence-electron chi connectivity index (χ2n) is 5.00. The van der Waals surface area contributed by atoms with E-state index in [0.29, 0.717) is 11.8 Å². The van der Waals surface area contributed by atoms with Crippen LogP contribution in [0.3, 0.4) is 0 Å². The zero-order chi connectivity index (χ0) is 15.7. The van der Waals surface area contributed by atoms with Gasteiger partial charge in [0.25, 0.3) is 0 Å². The fraction of sp³-hybridized carbons (Fsp3) is 0.333. The van der Waals surface area contributed by atoms with Crippen LogP contribution in [0.1, 0.15) is 24.4 Å². The molecule has 0 unspecified atom stereocenters. The molecule has 1 aromatic heterocycles. The number of aryl methyl sites for hydroxylation is 1. The lowest BCUT2D eigenvalue weighted by Gasteiger charge is -2.30. The SMILES string of the molecule is CCOC(=O)[C@H]1C(=O)Nc2nc(C)nn2[C@H]1c1ccccc1. The number of ether oxygens (including phenoxy) is 1. The number of anilines is 1. The molecule has 1 N–H and O–H groups in total. The first-order valence-electron chi connectivity index (χ1n) is 7.07. The van der Waals surface area contributed by atoms with Gasteiger partial charge in [-0.25, -0.2) is 4.68 Å². The molecule has 22 heavy (non-hydrogen) atoms. The smallest absolute Gasteiger partial charge is 0.321 e. The van der Waals surface area contributed by atoms with Gasteiger partial charge in [-0.3, -0.25) is 14.9 Å². The summed E-state index contributed by atoms with van der Waals surface area (Å²) in [6.45, 7) is 3.66. The summed E-state index contributed by atoms with van der Waals surface area (Å²) in [5.41, 5.74) is 0.807. The number of aromatic nitrogens is 3. The van der Waals surface area contributed by atoms with Crippen molar-refractivity contribution >= 4 is 17.8 Å². The maximum absolute atomic E-state index is 12.4. The second kappa shape index (κ2) is 5.59. The number of nitrogens with zero attached hydrogens (tertiary/aromatic N) is 3. The number of carbonyl (C=O) groups is 2. The van der Waals surface area contributed by atoms with E-state index in [9.17, 15) is 9.59 Å². The number of hydrogen-bond acceptors (Lipinski definition) is 5. The molecule has 1 amide bonds. The van der Waals surface area contributed by atoms with Crippen molar-refractivity contribution in [1.82, 2.24) is 14.8 Å². The quantitative estimate of drug-likeness (QED) is 0.682. The minimum Gasteiger partial charge on any atom is -0.465 e. The Morgan fingerprint density at radius 1 is 1.36 bits per heavy atom. The molecule has 114 valence electrons. The number of esters is 1. The first-order valence-corrected chi connectivity index (χ1v) is 7.07. The molecule has 1 aromatic carbocycles. The Morgan fingerprint density at radius 2 is 2.09 bits per heavy atom. The van der Waals surface area contributed by atoms with Gasteiger partial charge in [0.15, 0.2) is 5.92 Å². The molecule has 7 heteroatoms. The van der Waals surface area contributed by atoms with E-state index in [1.807, 2.05) is 30.3 Å². The lowest BCUT2D eigenvalue weighted by atomic mass is 9.91. The second-order valence-corrected chi connectivity index (χ2v) is 5.00. The van der Waals surface area contributed by atoms with Crippen molar-refractivity contribution in [2.45, 2.75) is 19.9 Å². The Hall–Kier alpha value is -2.70. The van der Waals surface area contributed by atoms with Crippen molar-refractivity contribution < 1.29 is 14.3 Å². The average Bonchev–Trinajstić information content (AvgIpc) is 2.86. The molecular formula is C15H16N4O3. The Bertz CT molecular complexity index is 711. The van der Waals surface area contributed by atoms with E-state index in [4.69, 9.17) is 4.74 Å². The molecule has 0 fully saturated rings. The molecule has 0 saturated heterocycles. The van der Waals surface area contributed by atoms with Crippen LogP contribution < -0.4 is 5.32 Å². The Balaban J connectivity index is 2.12. The van der Waals surface area contributed by atoms with E-state index in [1.54, 1.807) is 18.5 Å². The third-order valence-electron chi connectivity index (χ3n) is 3.52. The molecule has 3 rings (SSSR count). The fourth-order valence-corrected chi connectivity index (χ4v) is 2.63. The van der Waals surface area contributed by atoms with Crippen LogP contribution in [-0.2, 0) is 14.3 Å². The molecule has 1 aliphatic heterocycles. The molecule has 1 aliphatic rings. The van der Waals surface area contributed by atoms with E-state index >= 15 is 0 Å². The largest absolute Gasteiger partial charge is 0.465 e. The zero-order valence-electron chi connectivity index (χ0n) is 12.3. The molecule has 0 spiro atoms. The number of carbonyl (C=O) groups excluding carboxylic acids is 2. The number of hydrogen-bond donors (Lipinski definition) is 1. The summed E-state index contributed by atoms with van der Waals surface area (Å²) in [7, 11) is 0. The summed E-state index contributed by atoms with van der Waals surface area (Å²) in [6, 6.07) is 8.73. The first kappa shape index (κ1) is 14.2. The maximum atomic E-state index is 12.4. The molecule has 0 aliphatic carbocycles. The summed E-state index contributed by atoms with van der Waals surface area (Å²) in [4.78, 5) is 28.8. The third kappa shape index (κ3) is 2.34. The molecule has 7 nitrogen and oxygen atoms in total. The van der Waals surface area contributed by atoms with Crippen molar-refractivity contribution in [3.05, 3.63) is 41.7 Å². The van der Waals surface area contributed by atoms with Crippen LogP contribution in [0.2, 0.25) is 0 Å². The van der Waals surface area contributed by atoms with E-state index in [0.717, 1.165) is 5.56 Å². The number of amides is 1. The van der Waals surface area contributed by atoms with Crippen molar-refractivity contribution in [2.24, 2.45) is 5.92 Å². The van der Waals surface area contributed by atoms with E-state index < -0.39 is 23.8 Å². The summed E-state index contributed by atoms with van der Waals surface area (Å²) < 4.78 is 6.64. The van der Waals surface area contributed by atoms with Crippen LogP contribution in [0, 0.1) is 12.8 Å².